The maximum atomic E-state index is 12.8. The summed E-state index contributed by atoms with van der Waals surface area (Å²) in [6, 6.07) is 6.10. The first-order valence-corrected chi connectivity index (χ1v) is 6.50. The van der Waals surface area contributed by atoms with Crippen molar-refractivity contribution in [3.63, 3.8) is 0 Å². The summed E-state index contributed by atoms with van der Waals surface area (Å²) in [5.41, 5.74) is 2.48. The van der Waals surface area contributed by atoms with Crippen LogP contribution in [0.4, 0.5) is 9.52 Å². The number of aliphatic carboxylic acids is 1. The van der Waals surface area contributed by atoms with E-state index in [4.69, 9.17) is 5.11 Å². The molecule has 0 unspecified atom stereocenters. The molecule has 0 atom stereocenters. The van der Waals surface area contributed by atoms with E-state index in [2.05, 4.69) is 10.2 Å². The van der Waals surface area contributed by atoms with Gasteiger partial charge in [-0.3, -0.25) is 4.79 Å². The molecule has 0 aliphatic heterocycles. The highest BCUT2D eigenvalue weighted by molar-refractivity contribution is 7.13. The second-order valence-corrected chi connectivity index (χ2v) is 4.72. The standard InChI is InChI=1S/C12H12FN3O2S/c13-10-3-1-9(2-4-10)7-16(6-5-11(17)18)12-15-14-8-19-12/h1-4,8H,5-7H2,(H,17,18). The second-order valence-electron chi connectivity index (χ2n) is 3.91. The molecule has 5 nitrogen and oxygen atoms in total. The topological polar surface area (TPSA) is 66.3 Å². The normalized spacial score (nSPS) is 10.4. The zero-order valence-electron chi connectivity index (χ0n) is 9.99. The van der Waals surface area contributed by atoms with E-state index in [-0.39, 0.29) is 12.2 Å². The molecule has 1 heterocycles. The summed E-state index contributed by atoms with van der Waals surface area (Å²) in [5, 5.41) is 17.1. The van der Waals surface area contributed by atoms with Crippen molar-refractivity contribution in [3.05, 3.63) is 41.2 Å². The van der Waals surface area contributed by atoms with E-state index >= 15 is 0 Å². The molecule has 7 heteroatoms. The number of carbonyl (C=O) groups is 1. The third kappa shape index (κ3) is 3.99. The van der Waals surface area contributed by atoms with Crippen LogP contribution in [0.15, 0.2) is 29.8 Å². The number of hydrogen-bond acceptors (Lipinski definition) is 5. The lowest BCUT2D eigenvalue weighted by Crippen LogP contribution is -2.25. The first-order valence-electron chi connectivity index (χ1n) is 5.62. The Bertz CT molecular complexity index is 530. The van der Waals surface area contributed by atoms with Crippen LogP contribution in [0.5, 0.6) is 0 Å². The number of aromatic nitrogens is 2. The fourth-order valence-electron chi connectivity index (χ4n) is 1.59. The molecule has 2 rings (SSSR count). The van der Waals surface area contributed by atoms with Crippen LogP contribution in [0.2, 0.25) is 0 Å². The molecular formula is C12H12FN3O2S. The summed E-state index contributed by atoms with van der Waals surface area (Å²) in [5.74, 6) is -1.16. The zero-order valence-corrected chi connectivity index (χ0v) is 10.8. The summed E-state index contributed by atoms with van der Waals surface area (Å²) < 4.78 is 12.8. The van der Waals surface area contributed by atoms with Crippen molar-refractivity contribution in [2.24, 2.45) is 0 Å². The smallest absolute Gasteiger partial charge is 0.305 e. The molecule has 0 aliphatic rings. The number of halogens is 1. The van der Waals surface area contributed by atoms with Crippen molar-refractivity contribution >= 4 is 22.4 Å². The molecule has 2 aromatic rings. The van der Waals surface area contributed by atoms with Gasteiger partial charge in [0.15, 0.2) is 0 Å². The Kier molecular flexibility index (Phi) is 4.40. The van der Waals surface area contributed by atoms with Crippen LogP contribution in [0.3, 0.4) is 0 Å². The Morgan fingerprint density at radius 3 is 2.68 bits per heavy atom. The number of carboxylic acids is 1. The summed E-state index contributed by atoms with van der Waals surface area (Å²) >= 11 is 1.34. The van der Waals surface area contributed by atoms with E-state index in [1.807, 2.05) is 4.90 Å². The van der Waals surface area contributed by atoms with Crippen LogP contribution in [0.1, 0.15) is 12.0 Å². The quantitative estimate of drug-likeness (QED) is 0.879. The van der Waals surface area contributed by atoms with Crippen LogP contribution in [-0.4, -0.2) is 27.8 Å². The molecule has 0 amide bonds. The Labute approximate surface area is 113 Å². The molecule has 19 heavy (non-hydrogen) atoms. The Morgan fingerprint density at radius 1 is 1.37 bits per heavy atom. The van der Waals surface area contributed by atoms with E-state index in [9.17, 15) is 9.18 Å². The van der Waals surface area contributed by atoms with Gasteiger partial charge in [0.05, 0.1) is 6.42 Å². The fourth-order valence-corrected chi connectivity index (χ4v) is 2.18. The lowest BCUT2D eigenvalue weighted by Gasteiger charge is -2.20. The highest BCUT2D eigenvalue weighted by Crippen LogP contribution is 2.19. The average molecular weight is 281 g/mol. The molecular weight excluding hydrogens is 269 g/mol. The molecule has 1 aromatic carbocycles. The van der Waals surface area contributed by atoms with Gasteiger partial charge in [-0.2, -0.15) is 0 Å². The van der Waals surface area contributed by atoms with Crippen LogP contribution >= 0.6 is 11.3 Å². The average Bonchev–Trinajstić information content (AvgIpc) is 2.90. The summed E-state index contributed by atoms with van der Waals surface area (Å²) in [6.07, 6.45) is 0.0147. The van der Waals surface area contributed by atoms with Gasteiger partial charge in [-0.25, -0.2) is 4.39 Å². The van der Waals surface area contributed by atoms with Gasteiger partial charge in [-0.15, -0.1) is 10.2 Å². The van der Waals surface area contributed by atoms with Crippen molar-refractivity contribution in [3.8, 4) is 0 Å². The highest BCUT2D eigenvalue weighted by atomic mass is 32.1. The molecule has 0 fully saturated rings. The highest BCUT2D eigenvalue weighted by Gasteiger charge is 2.12. The van der Waals surface area contributed by atoms with Gasteiger partial charge in [-0.05, 0) is 17.7 Å². The van der Waals surface area contributed by atoms with E-state index in [1.165, 1.54) is 23.5 Å². The monoisotopic (exact) mass is 281 g/mol. The van der Waals surface area contributed by atoms with Gasteiger partial charge < -0.3 is 10.0 Å². The number of hydrogen-bond donors (Lipinski definition) is 1. The van der Waals surface area contributed by atoms with E-state index in [0.29, 0.717) is 18.2 Å². The van der Waals surface area contributed by atoms with Crippen LogP contribution in [0, 0.1) is 5.82 Å². The number of carboxylic acid groups (broad SMARTS) is 1. The third-order valence-electron chi connectivity index (χ3n) is 2.50. The minimum atomic E-state index is -0.867. The first-order chi connectivity index (χ1) is 9.15. The molecule has 1 N–H and O–H groups in total. The molecule has 0 aliphatic carbocycles. The minimum Gasteiger partial charge on any atom is -0.481 e. The van der Waals surface area contributed by atoms with E-state index in [1.54, 1.807) is 17.6 Å². The first kappa shape index (κ1) is 13.4. The van der Waals surface area contributed by atoms with Crippen LogP contribution in [0.25, 0.3) is 0 Å². The maximum absolute atomic E-state index is 12.8. The summed E-state index contributed by atoms with van der Waals surface area (Å²) in [4.78, 5) is 12.5. The molecule has 0 radical (unpaired) electrons. The Morgan fingerprint density at radius 2 is 2.11 bits per heavy atom. The predicted octanol–water partition coefficient (Wildman–Crippen LogP) is 2.16. The van der Waals surface area contributed by atoms with Gasteiger partial charge in [0.25, 0.3) is 0 Å². The zero-order chi connectivity index (χ0) is 13.7. The van der Waals surface area contributed by atoms with Crippen LogP contribution in [-0.2, 0) is 11.3 Å². The minimum absolute atomic E-state index is 0.0147. The lowest BCUT2D eigenvalue weighted by molar-refractivity contribution is -0.136. The maximum Gasteiger partial charge on any atom is 0.305 e. The van der Waals surface area contributed by atoms with Gasteiger partial charge in [0.1, 0.15) is 11.3 Å². The molecule has 0 bridgehead atoms. The predicted molar refractivity (Wildman–Crippen MR) is 69.6 cm³/mol. The molecule has 0 saturated heterocycles. The molecule has 1 aromatic heterocycles. The molecule has 0 spiro atoms. The molecule has 100 valence electrons. The van der Waals surface area contributed by atoms with Crippen molar-refractivity contribution in [2.45, 2.75) is 13.0 Å². The number of nitrogens with zero attached hydrogens (tertiary/aromatic N) is 3. The summed E-state index contributed by atoms with van der Waals surface area (Å²) in [7, 11) is 0. The number of anilines is 1. The summed E-state index contributed by atoms with van der Waals surface area (Å²) in [6.45, 7) is 0.810. The van der Waals surface area contributed by atoms with Crippen molar-refractivity contribution in [1.82, 2.24) is 10.2 Å². The SMILES string of the molecule is O=C(O)CCN(Cc1ccc(F)cc1)c1nncs1. The largest absolute Gasteiger partial charge is 0.481 e. The van der Waals surface area contributed by atoms with Crippen molar-refractivity contribution < 1.29 is 14.3 Å². The van der Waals surface area contributed by atoms with Gasteiger partial charge >= 0.3 is 5.97 Å². The molecule has 0 saturated carbocycles. The number of rotatable bonds is 6. The lowest BCUT2D eigenvalue weighted by atomic mass is 10.2. The van der Waals surface area contributed by atoms with E-state index in [0.717, 1.165) is 5.56 Å². The fraction of sp³-hybridized carbons (Fsp3) is 0.250. The van der Waals surface area contributed by atoms with Gasteiger partial charge in [0.2, 0.25) is 5.13 Å². The van der Waals surface area contributed by atoms with Crippen LogP contribution < -0.4 is 4.90 Å². The Hall–Kier alpha value is -2.02. The van der Waals surface area contributed by atoms with Crippen molar-refractivity contribution in [1.29, 1.82) is 0 Å². The van der Waals surface area contributed by atoms with Gasteiger partial charge in [0, 0.05) is 13.1 Å². The van der Waals surface area contributed by atoms with E-state index < -0.39 is 5.97 Å². The van der Waals surface area contributed by atoms with Gasteiger partial charge in [-0.1, -0.05) is 23.5 Å². The third-order valence-corrected chi connectivity index (χ3v) is 3.25. The Balaban J connectivity index is 2.09. The van der Waals surface area contributed by atoms with Crippen molar-refractivity contribution in [2.75, 3.05) is 11.4 Å². The number of benzene rings is 1. The second kappa shape index (κ2) is 6.24.